The maximum Gasteiger partial charge on any atom is 0.251 e. The Balaban J connectivity index is 4.60. The number of quaternary nitrogens is 2. The monoisotopic (exact) mass is 174 g/mol. The van der Waals surface area contributed by atoms with Crippen LogP contribution in [0, 0.1) is 0 Å². The van der Waals surface area contributed by atoms with Gasteiger partial charge in [-0.05, 0) is 13.8 Å². The molecule has 72 valence electrons. The van der Waals surface area contributed by atoms with Crippen LogP contribution in [0.15, 0.2) is 0 Å². The molecule has 0 aromatic rings. The molecule has 3 heteroatoms. The van der Waals surface area contributed by atoms with Crippen molar-refractivity contribution in [1.29, 1.82) is 0 Å². The summed E-state index contributed by atoms with van der Waals surface area (Å²) in [5, 5.41) is 0. The predicted molar refractivity (Wildman–Crippen MR) is 48.2 cm³/mol. The molecule has 0 spiro atoms. The van der Waals surface area contributed by atoms with Crippen LogP contribution in [-0.2, 0) is 4.79 Å². The topological polar surface area (TPSA) is 72.3 Å². The second-order valence-corrected chi connectivity index (χ2v) is 4.16. The Hall–Kier alpha value is -0.410. The normalized spacial score (nSPS) is 21.2. The molecule has 0 fully saturated rings. The van der Waals surface area contributed by atoms with Crippen LogP contribution in [0.3, 0.4) is 0 Å². The predicted octanol–water partition coefficient (Wildman–Crippen LogP) is -0.623. The van der Waals surface area contributed by atoms with E-state index in [2.05, 4.69) is 11.5 Å². The molecule has 0 aliphatic rings. The molecule has 6 N–H and O–H groups in total. The summed E-state index contributed by atoms with van der Waals surface area (Å²) in [4.78, 5) is 11.8. The van der Waals surface area contributed by atoms with Crippen molar-refractivity contribution in [2.45, 2.75) is 51.6 Å². The smallest absolute Gasteiger partial charge is 0.251 e. The van der Waals surface area contributed by atoms with Crippen molar-refractivity contribution in [2.75, 3.05) is 0 Å². The summed E-state index contributed by atoms with van der Waals surface area (Å²) < 4.78 is 0. The Labute approximate surface area is 74.5 Å². The molecule has 0 radical (unpaired) electrons. The number of rotatable bonds is 4. The number of hydrogen-bond donors (Lipinski definition) is 2. The molecule has 3 nitrogen and oxygen atoms in total. The van der Waals surface area contributed by atoms with E-state index in [1.54, 1.807) is 0 Å². The summed E-state index contributed by atoms with van der Waals surface area (Å²) >= 11 is 0. The highest BCUT2D eigenvalue weighted by atomic mass is 16.1. The lowest BCUT2D eigenvalue weighted by Crippen LogP contribution is -2.85. The Bertz CT molecular complexity index is 155. The molecule has 2 atom stereocenters. The molecule has 0 aliphatic carbocycles. The molecule has 0 aromatic heterocycles. The Morgan fingerprint density at radius 1 is 1.08 bits per heavy atom. The first kappa shape index (κ1) is 11.6. The third-order valence-electron chi connectivity index (χ3n) is 2.66. The second kappa shape index (κ2) is 3.54. The lowest BCUT2D eigenvalue weighted by atomic mass is 9.81. The maximum absolute atomic E-state index is 11.8. The van der Waals surface area contributed by atoms with Gasteiger partial charge in [-0.3, -0.25) is 4.79 Å². The highest BCUT2D eigenvalue weighted by Crippen LogP contribution is 2.14. The third kappa shape index (κ3) is 2.29. The molecule has 0 bridgehead atoms. The molecule has 12 heavy (non-hydrogen) atoms. The van der Waals surface area contributed by atoms with Crippen LogP contribution in [0.2, 0.25) is 0 Å². The minimum absolute atomic E-state index is 0.167. The van der Waals surface area contributed by atoms with Gasteiger partial charge in [-0.1, -0.05) is 13.8 Å². The Morgan fingerprint density at radius 3 is 1.50 bits per heavy atom. The number of Topliss-reactive ketones (excluding diaryl/α,β-unsaturated/α-hetero) is 1. The van der Waals surface area contributed by atoms with Gasteiger partial charge in [-0.15, -0.1) is 0 Å². The molecular weight excluding hydrogens is 152 g/mol. The van der Waals surface area contributed by atoms with Gasteiger partial charge < -0.3 is 11.5 Å². The molecule has 0 heterocycles. The van der Waals surface area contributed by atoms with Crippen molar-refractivity contribution in [3.63, 3.8) is 0 Å². The van der Waals surface area contributed by atoms with Gasteiger partial charge in [-0.2, -0.15) is 0 Å². The van der Waals surface area contributed by atoms with E-state index in [-0.39, 0.29) is 5.78 Å². The number of ketones is 1. The van der Waals surface area contributed by atoms with E-state index < -0.39 is 11.1 Å². The van der Waals surface area contributed by atoms with Gasteiger partial charge in [0.25, 0.3) is 5.78 Å². The summed E-state index contributed by atoms with van der Waals surface area (Å²) in [5.74, 6) is 0.167. The van der Waals surface area contributed by atoms with E-state index >= 15 is 0 Å². The molecule has 0 aromatic carbocycles. The number of hydrogen-bond acceptors (Lipinski definition) is 1. The third-order valence-corrected chi connectivity index (χ3v) is 2.66. The first-order valence-corrected chi connectivity index (χ1v) is 4.53. The SMILES string of the molecule is CC[C@](C)([NH3+])C(=O)[C@](C)([NH3+])CC. The molecule has 0 saturated heterocycles. The van der Waals surface area contributed by atoms with Gasteiger partial charge in [0.1, 0.15) is 0 Å². The molecule has 0 amide bonds. The number of carbonyl (C=O) groups is 1. The zero-order valence-electron chi connectivity index (χ0n) is 8.74. The fourth-order valence-corrected chi connectivity index (χ4v) is 1.05. The quantitative estimate of drug-likeness (QED) is 0.585. The van der Waals surface area contributed by atoms with Crippen molar-refractivity contribution in [1.82, 2.24) is 0 Å². The van der Waals surface area contributed by atoms with Crippen LogP contribution in [0.1, 0.15) is 40.5 Å². The molecule has 0 rings (SSSR count). The van der Waals surface area contributed by atoms with Crippen LogP contribution >= 0.6 is 0 Å². The summed E-state index contributed by atoms with van der Waals surface area (Å²) in [6, 6.07) is 0. The van der Waals surface area contributed by atoms with Crippen molar-refractivity contribution in [2.24, 2.45) is 0 Å². The first-order valence-electron chi connectivity index (χ1n) is 4.53. The fourth-order valence-electron chi connectivity index (χ4n) is 1.05. The minimum Gasteiger partial charge on any atom is -0.347 e. The summed E-state index contributed by atoms with van der Waals surface area (Å²) in [6.45, 7) is 7.73. The van der Waals surface area contributed by atoms with Crippen molar-refractivity contribution < 1.29 is 16.3 Å². The van der Waals surface area contributed by atoms with Crippen molar-refractivity contribution in [3.8, 4) is 0 Å². The summed E-state index contributed by atoms with van der Waals surface area (Å²) in [7, 11) is 0. The van der Waals surface area contributed by atoms with Crippen LogP contribution in [-0.4, -0.2) is 16.9 Å². The Morgan fingerprint density at radius 2 is 1.33 bits per heavy atom. The summed E-state index contributed by atoms with van der Waals surface area (Å²) in [5.41, 5.74) is 6.89. The van der Waals surface area contributed by atoms with Crippen LogP contribution in [0.25, 0.3) is 0 Å². The zero-order valence-corrected chi connectivity index (χ0v) is 8.74. The largest absolute Gasteiger partial charge is 0.347 e. The van der Waals surface area contributed by atoms with Crippen LogP contribution in [0.5, 0.6) is 0 Å². The summed E-state index contributed by atoms with van der Waals surface area (Å²) in [6.07, 6.45) is 1.55. The Kier molecular flexibility index (Phi) is 3.42. The van der Waals surface area contributed by atoms with E-state index in [1.807, 2.05) is 27.7 Å². The van der Waals surface area contributed by atoms with Crippen molar-refractivity contribution in [3.05, 3.63) is 0 Å². The molecular formula is C9H22N2O+2. The molecule has 0 aliphatic heterocycles. The first-order chi connectivity index (χ1) is 5.28. The maximum atomic E-state index is 11.8. The van der Waals surface area contributed by atoms with Gasteiger partial charge in [0.05, 0.1) is 0 Å². The van der Waals surface area contributed by atoms with Gasteiger partial charge >= 0.3 is 0 Å². The van der Waals surface area contributed by atoms with Crippen LogP contribution < -0.4 is 11.5 Å². The molecule has 0 unspecified atom stereocenters. The average molecular weight is 174 g/mol. The minimum atomic E-state index is -0.466. The zero-order chi connectivity index (χ0) is 9.99. The lowest BCUT2D eigenvalue weighted by Gasteiger charge is -2.25. The van der Waals surface area contributed by atoms with Gasteiger partial charge in [-0.25, -0.2) is 0 Å². The van der Waals surface area contributed by atoms with Crippen molar-refractivity contribution >= 4 is 5.78 Å². The van der Waals surface area contributed by atoms with E-state index in [0.717, 1.165) is 12.8 Å². The highest BCUT2D eigenvalue weighted by Gasteiger charge is 2.43. The second-order valence-electron chi connectivity index (χ2n) is 4.16. The number of carbonyl (C=O) groups excluding carboxylic acids is 1. The lowest BCUT2D eigenvalue weighted by molar-refractivity contribution is -0.485. The van der Waals surface area contributed by atoms with Gasteiger partial charge in [0.2, 0.25) is 0 Å². The van der Waals surface area contributed by atoms with Gasteiger partial charge in [0.15, 0.2) is 11.1 Å². The standard InChI is InChI=1S/C9H20N2O/c1-5-8(3,10)7(12)9(4,11)6-2/h5-6,10-11H2,1-4H3/p+2/t8-,9+. The van der Waals surface area contributed by atoms with E-state index in [0.29, 0.717) is 0 Å². The van der Waals surface area contributed by atoms with E-state index in [9.17, 15) is 4.79 Å². The molecule has 0 saturated carbocycles. The van der Waals surface area contributed by atoms with E-state index in [1.165, 1.54) is 0 Å². The average Bonchev–Trinajstić information content (AvgIpc) is 2.03. The van der Waals surface area contributed by atoms with E-state index in [4.69, 9.17) is 0 Å². The highest BCUT2D eigenvalue weighted by molar-refractivity contribution is 5.92. The van der Waals surface area contributed by atoms with Gasteiger partial charge in [0, 0.05) is 12.8 Å². The van der Waals surface area contributed by atoms with Crippen LogP contribution in [0.4, 0.5) is 0 Å². The fraction of sp³-hybridized carbons (Fsp3) is 0.889.